The van der Waals surface area contributed by atoms with Gasteiger partial charge in [-0.15, -0.1) is 0 Å². The summed E-state index contributed by atoms with van der Waals surface area (Å²) in [6.45, 7) is 1.83. The standard InChI is InChI=1S/C17H19NO2S/c1-10-18-15-6-5-11(9-16(15)20-10)17(19)12-7-13-3-2-4-14(8-12)21-13/h5-6,9,12-14H,2-4,7-8H2,1H3. The molecule has 0 N–H and O–H groups in total. The van der Waals surface area contributed by atoms with Gasteiger partial charge in [-0.2, -0.15) is 11.8 Å². The third-order valence-electron chi connectivity index (χ3n) is 4.68. The van der Waals surface area contributed by atoms with E-state index in [9.17, 15) is 4.79 Å². The van der Waals surface area contributed by atoms with Crippen LogP contribution in [-0.2, 0) is 0 Å². The molecule has 2 saturated heterocycles. The summed E-state index contributed by atoms with van der Waals surface area (Å²) in [7, 11) is 0. The quantitative estimate of drug-likeness (QED) is 0.772. The number of rotatable bonds is 2. The van der Waals surface area contributed by atoms with Crippen LogP contribution in [0.3, 0.4) is 0 Å². The van der Waals surface area contributed by atoms with E-state index >= 15 is 0 Å². The van der Waals surface area contributed by atoms with E-state index in [1.807, 2.05) is 25.1 Å². The maximum Gasteiger partial charge on any atom is 0.192 e. The van der Waals surface area contributed by atoms with Crippen molar-refractivity contribution in [1.29, 1.82) is 0 Å². The normalized spacial score (nSPS) is 28.7. The minimum atomic E-state index is 0.197. The number of Topliss-reactive ketones (excluding diaryl/α,β-unsaturated/α-hetero) is 1. The van der Waals surface area contributed by atoms with Crippen molar-refractivity contribution in [2.45, 2.75) is 49.5 Å². The summed E-state index contributed by atoms with van der Waals surface area (Å²) < 4.78 is 5.55. The smallest absolute Gasteiger partial charge is 0.192 e. The minimum Gasteiger partial charge on any atom is -0.441 e. The molecular formula is C17H19NO2S. The number of aromatic nitrogens is 1. The van der Waals surface area contributed by atoms with Gasteiger partial charge in [0, 0.05) is 28.9 Å². The second kappa shape index (κ2) is 5.16. The zero-order valence-corrected chi connectivity index (χ0v) is 13.0. The number of benzene rings is 1. The van der Waals surface area contributed by atoms with Crippen molar-refractivity contribution in [3.63, 3.8) is 0 Å². The molecule has 0 saturated carbocycles. The molecule has 2 atom stereocenters. The molecule has 2 aliphatic heterocycles. The van der Waals surface area contributed by atoms with Gasteiger partial charge in [0.2, 0.25) is 0 Å². The molecule has 0 amide bonds. The van der Waals surface area contributed by atoms with Gasteiger partial charge >= 0.3 is 0 Å². The summed E-state index contributed by atoms with van der Waals surface area (Å²) in [5.74, 6) is 1.14. The number of ketones is 1. The molecule has 1 aromatic heterocycles. The molecule has 2 aliphatic rings. The topological polar surface area (TPSA) is 43.1 Å². The molecule has 0 spiro atoms. The summed E-state index contributed by atoms with van der Waals surface area (Å²) >= 11 is 2.11. The van der Waals surface area contributed by atoms with Crippen LogP contribution in [0.5, 0.6) is 0 Å². The Bertz CT molecular complexity index is 681. The Labute approximate surface area is 128 Å². The average molecular weight is 301 g/mol. The second-order valence-electron chi connectivity index (χ2n) is 6.26. The van der Waals surface area contributed by atoms with Crippen LogP contribution in [-0.4, -0.2) is 21.3 Å². The summed E-state index contributed by atoms with van der Waals surface area (Å²) in [4.78, 5) is 17.1. The maximum atomic E-state index is 12.8. The van der Waals surface area contributed by atoms with E-state index in [0.717, 1.165) is 29.5 Å². The third-order valence-corrected chi connectivity index (χ3v) is 6.31. The van der Waals surface area contributed by atoms with Crippen LogP contribution < -0.4 is 0 Å². The van der Waals surface area contributed by atoms with Crippen molar-refractivity contribution in [2.24, 2.45) is 5.92 Å². The van der Waals surface area contributed by atoms with Crippen molar-refractivity contribution in [2.75, 3.05) is 0 Å². The predicted octanol–water partition coefficient (Wildman–Crippen LogP) is 4.38. The van der Waals surface area contributed by atoms with Gasteiger partial charge in [-0.3, -0.25) is 4.79 Å². The van der Waals surface area contributed by atoms with Crippen molar-refractivity contribution < 1.29 is 9.21 Å². The average Bonchev–Trinajstić information content (AvgIpc) is 2.85. The molecule has 2 aromatic rings. The third kappa shape index (κ3) is 2.50. The van der Waals surface area contributed by atoms with Gasteiger partial charge in [-0.1, -0.05) is 6.42 Å². The van der Waals surface area contributed by atoms with E-state index < -0.39 is 0 Å². The van der Waals surface area contributed by atoms with Crippen LogP contribution >= 0.6 is 11.8 Å². The number of fused-ring (bicyclic) bond motifs is 3. The molecule has 3 heterocycles. The number of hydrogen-bond acceptors (Lipinski definition) is 4. The monoisotopic (exact) mass is 301 g/mol. The summed E-state index contributed by atoms with van der Waals surface area (Å²) in [6.07, 6.45) is 6.00. The Balaban J connectivity index is 1.60. The zero-order chi connectivity index (χ0) is 14.4. The number of carbonyl (C=O) groups is 1. The highest BCUT2D eigenvalue weighted by molar-refractivity contribution is 8.00. The lowest BCUT2D eigenvalue weighted by molar-refractivity contribution is 0.0896. The lowest BCUT2D eigenvalue weighted by Crippen LogP contribution is -2.32. The Morgan fingerprint density at radius 1 is 1.29 bits per heavy atom. The van der Waals surface area contributed by atoms with Crippen molar-refractivity contribution in [1.82, 2.24) is 4.98 Å². The molecule has 0 radical (unpaired) electrons. The SMILES string of the molecule is Cc1nc2ccc(C(=O)C3CC4CCCC(C3)S4)cc2o1. The van der Waals surface area contributed by atoms with Crippen molar-refractivity contribution in [3.05, 3.63) is 29.7 Å². The van der Waals surface area contributed by atoms with Crippen LogP contribution in [0.4, 0.5) is 0 Å². The van der Waals surface area contributed by atoms with E-state index in [2.05, 4.69) is 16.7 Å². The number of nitrogens with zero attached hydrogens (tertiary/aromatic N) is 1. The van der Waals surface area contributed by atoms with Crippen LogP contribution in [0, 0.1) is 12.8 Å². The largest absolute Gasteiger partial charge is 0.441 e. The molecule has 4 rings (SSSR count). The molecule has 2 unspecified atom stereocenters. The van der Waals surface area contributed by atoms with Gasteiger partial charge < -0.3 is 4.42 Å². The lowest BCUT2D eigenvalue weighted by atomic mass is 9.84. The zero-order valence-electron chi connectivity index (χ0n) is 12.2. The fourth-order valence-electron chi connectivity index (χ4n) is 3.70. The molecular weight excluding hydrogens is 282 g/mol. The van der Waals surface area contributed by atoms with Crippen molar-refractivity contribution in [3.8, 4) is 0 Å². The van der Waals surface area contributed by atoms with E-state index in [-0.39, 0.29) is 5.92 Å². The van der Waals surface area contributed by atoms with Gasteiger partial charge in [0.25, 0.3) is 0 Å². The van der Waals surface area contributed by atoms with Gasteiger partial charge in [0.1, 0.15) is 5.52 Å². The molecule has 4 heteroatoms. The first-order valence-electron chi connectivity index (χ1n) is 7.76. The number of aryl methyl sites for hydroxylation is 1. The molecule has 3 nitrogen and oxygen atoms in total. The molecule has 2 bridgehead atoms. The highest BCUT2D eigenvalue weighted by atomic mass is 32.2. The molecule has 21 heavy (non-hydrogen) atoms. The lowest BCUT2D eigenvalue weighted by Gasteiger charge is -2.37. The van der Waals surface area contributed by atoms with E-state index in [0.29, 0.717) is 22.2 Å². The van der Waals surface area contributed by atoms with Gasteiger partial charge in [0.05, 0.1) is 0 Å². The predicted molar refractivity (Wildman–Crippen MR) is 84.8 cm³/mol. The molecule has 110 valence electrons. The second-order valence-corrected chi connectivity index (χ2v) is 7.86. The fraction of sp³-hybridized carbons (Fsp3) is 0.529. The maximum absolute atomic E-state index is 12.8. The van der Waals surface area contributed by atoms with E-state index in [1.54, 1.807) is 0 Å². The van der Waals surface area contributed by atoms with Crippen LogP contribution in [0.2, 0.25) is 0 Å². The van der Waals surface area contributed by atoms with Crippen LogP contribution in [0.1, 0.15) is 48.4 Å². The first kappa shape index (κ1) is 13.4. The van der Waals surface area contributed by atoms with Crippen LogP contribution in [0.25, 0.3) is 11.1 Å². The van der Waals surface area contributed by atoms with E-state index in [1.165, 1.54) is 19.3 Å². The summed E-state index contributed by atoms with van der Waals surface area (Å²) in [5, 5.41) is 1.39. The first-order valence-corrected chi connectivity index (χ1v) is 8.70. The van der Waals surface area contributed by atoms with Crippen molar-refractivity contribution >= 4 is 28.6 Å². The number of hydrogen-bond donors (Lipinski definition) is 0. The van der Waals surface area contributed by atoms with Gasteiger partial charge in [-0.25, -0.2) is 4.98 Å². The van der Waals surface area contributed by atoms with E-state index in [4.69, 9.17) is 4.42 Å². The first-order chi connectivity index (χ1) is 10.2. The molecule has 1 aromatic carbocycles. The minimum absolute atomic E-state index is 0.197. The van der Waals surface area contributed by atoms with Crippen LogP contribution in [0.15, 0.2) is 22.6 Å². The molecule has 0 aliphatic carbocycles. The number of thioether (sulfide) groups is 1. The highest BCUT2D eigenvalue weighted by Crippen LogP contribution is 2.44. The molecule has 2 fully saturated rings. The highest BCUT2D eigenvalue weighted by Gasteiger charge is 2.35. The number of carbonyl (C=O) groups excluding carboxylic acids is 1. The van der Waals surface area contributed by atoms with Gasteiger partial charge in [0.15, 0.2) is 17.3 Å². The Morgan fingerprint density at radius 3 is 2.81 bits per heavy atom. The summed E-state index contributed by atoms with van der Waals surface area (Å²) in [6, 6.07) is 5.68. The van der Waals surface area contributed by atoms with Gasteiger partial charge in [-0.05, 0) is 43.9 Å². The Kier molecular flexibility index (Phi) is 3.29. The summed E-state index contributed by atoms with van der Waals surface area (Å²) in [5.41, 5.74) is 2.34. The number of oxazole rings is 1. The fourth-order valence-corrected chi connectivity index (χ4v) is 5.54. The Hall–Kier alpha value is -1.29. The Morgan fingerprint density at radius 2 is 2.05 bits per heavy atom.